The van der Waals surface area contributed by atoms with E-state index < -0.39 is 36.3 Å². The number of aliphatic hydroxyl groups is 3. The lowest BCUT2D eigenvalue weighted by molar-refractivity contribution is -0.160. The first-order valence-corrected chi connectivity index (χ1v) is 13.0. The third-order valence-corrected chi connectivity index (χ3v) is 6.20. The number of Topliss-reactive ketones (excluding diaryl/α,β-unsaturated/α-hetero) is 1. The van der Waals surface area contributed by atoms with Crippen molar-refractivity contribution in [2.75, 3.05) is 46.2 Å². The van der Waals surface area contributed by atoms with E-state index in [1.165, 1.54) is 25.7 Å². The highest BCUT2D eigenvalue weighted by Gasteiger charge is 2.48. The first-order chi connectivity index (χ1) is 17.0. The Morgan fingerprint density at radius 3 is 2.09 bits per heavy atom. The summed E-state index contributed by atoms with van der Waals surface area (Å²) in [5.74, 6) is -2.07. The molecule has 1 rings (SSSR count). The quantitative estimate of drug-likeness (QED) is 0.151. The van der Waals surface area contributed by atoms with E-state index >= 15 is 0 Å². The maximum Gasteiger partial charge on any atom is 0.332 e. The van der Waals surface area contributed by atoms with Crippen molar-refractivity contribution in [2.45, 2.75) is 95.5 Å². The predicted octanol–water partition coefficient (Wildman–Crippen LogP) is 1.71. The SMILES string of the molecule is CCCCCCCCCCC(OCC(OCCO)C1C(=O)CC(OCCO)C1OCCO)C(=O)O. The number of aliphatic carboxylic acids is 1. The number of ether oxygens (including phenoxy) is 4. The van der Waals surface area contributed by atoms with Gasteiger partial charge in [-0.15, -0.1) is 0 Å². The second kappa shape index (κ2) is 20.0. The number of unbranched alkanes of at least 4 members (excludes halogenated alkanes) is 7. The topological polar surface area (TPSA) is 152 Å². The number of carbonyl (C=O) groups excluding carboxylic acids is 1. The molecule has 5 atom stereocenters. The highest BCUT2D eigenvalue weighted by Crippen LogP contribution is 2.32. The van der Waals surface area contributed by atoms with Gasteiger partial charge in [0.2, 0.25) is 0 Å². The molecule has 0 amide bonds. The first kappa shape index (κ1) is 31.9. The minimum Gasteiger partial charge on any atom is -0.479 e. The van der Waals surface area contributed by atoms with E-state index in [1.807, 2.05) is 0 Å². The smallest absolute Gasteiger partial charge is 0.332 e. The monoisotopic (exact) mass is 506 g/mol. The molecule has 5 unspecified atom stereocenters. The van der Waals surface area contributed by atoms with Gasteiger partial charge in [-0.25, -0.2) is 4.79 Å². The van der Waals surface area contributed by atoms with Gasteiger partial charge in [0.05, 0.1) is 70.5 Å². The lowest BCUT2D eigenvalue weighted by Gasteiger charge is -2.30. The number of carboxylic acid groups (broad SMARTS) is 1. The first-order valence-electron chi connectivity index (χ1n) is 13.0. The third-order valence-electron chi connectivity index (χ3n) is 6.20. The van der Waals surface area contributed by atoms with Crippen LogP contribution in [0.25, 0.3) is 0 Å². The van der Waals surface area contributed by atoms with Crippen LogP contribution in [-0.4, -0.2) is 103 Å². The average Bonchev–Trinajstić information content (AvgIpc) is 3.15. The number of carbonyl (C=O) groups is 2. The molecule has 35 heavy (non-hydrogen) atoms. The van der Waals surface area contributed by atoms with Crippen LogP contribution < -0.4 is 0 Å². The summed E-state index contributed by atoms with van der Waals surface area (Å²) in [6, 6.07) is 0. The second-order valence-electron chi connectivity index (χ2n) is 8.94. The van der Waals surface area contributed by atoms with Crippen LogP contribution in [0.5, 0.6) is 0 Å². The fraction of sp³-hybridized carbons (Fsp3) is 0.920. The Kier molecular flexibility index (Phi) is 18.2. The molecule has 0 saturated heterocycles. The molecule has 0 bridgehead atoms. The molecule has 1 aliphatic rings. The Morgan fingerprint density at radius 1 is 0.886 bits per heavy atom. The maximum atomic E-state index is 12.8. The van der Waals surface area contributed by atoms with Gasteiger partial charge in [0.1, 0.15) is 5.78 Å². The van der Waals surface area contributed by atoms with Crippen LogP contribution in [0.15, 0.2) is 0 Å². The summed E-state index contributed by atoms with van der Waals surface area (Å²) in [7, 11) is 0. The van der Waals surface area contributed by atoms with Crippen molar-refractivity contribution in [2.24, 2.45) is 5.92 Å². The number of aliphatic hydroxyl groups excluding tert-OH is 3. The van der Waals surface area contributed by atoms with Crippen molar-refractivity contribution in [3.8, 4) is 0 Å². The summed E-state index contributed by atoms with van der Waals surface area (Å²) < 4.78 is 22.7. The largest absolute Gasteiger partial charge is 0.479 e. The van der Waals surface area contributed by atoms with E-state index in [2.05, 4.69) is 6.92 Å². The zero-order valence-electron chi connectivity index (χ0n) is 21.1. The maximum absolute atomic E-state index is 12.8. The molecule has 1 saturated carbocycles. The zero-order valence-corrected chi connectivity index (χ0v) is 21.1. The van der Waals surface area contributed by atoms with Crippen molar-refractivity contribution in [1.82, 2.24) is 0 Å². The van der Waals surface area contributed by atoms with Crippen molar-refractivity contribution in [3.63, 3.8) is 0 Å². The van der Waals surface area contributed by atoms with Crippen LogP contribution >= 0.6 is 0 Å². The summed E-state index contributed by atoms with van der Waals surface area (Å²) in [5, 5.41) is 37.1. The third kappa shape index (κ3) is 12.6. The van der Waals surface area contributed by atoms with E-state index in [0.29, 0.717) is 6.42 Å². The van der Waals surface area contributed by atoms with Gasteiger partial charge in [-0.3, -0.25) is 4.79 Å². The Bertz CT molecular complexity index is 558. The minimum atomic E-state index is -1.07. The molecule has 1 fully saturated rings. The molecule has 10 heteroatoms. The summed E-state index contributed by atoms with van der Waals surface area (Å²) >= 11 is 0. The highest BCUT2D eigenvalue weighted by atomic mass is 16.6. The van der Waals surface area contributed by atoms with Crippen LogP contribution in [-0.2, 0) is 28.5 Å². The molecular weight excluding hydrogens is 460 g/mol. The molecule has 0 heterocycles. The number of hydrogen-bond donors (Lipinski definition) is 4. The van der Waals surface area contributed by atoms with Gasteiger partial charge in [0.15, 0.2) is 6.10 Å². The molecule has 0 aromatic carbocycles. The Morgan fingerprint density at radius 2 is 1.49 bits per heavy atom. The van der Waals surface area contributed by atoms with Gasteiger partial charge in [-0.05, 0) is 6.42 Å². The summed E-state index contributed by atoms with van der Waals surface area (Å²) in [4.78, 5) is 24.6. The molecule has 0 radical (unpaired) electrons. The van der Waals surface area contributed by atoms with Crippen LogP contribution in [0.1, 0.15) is 71.1 Å². The average molecular weight is 507 g/mol. The normalized spacial score (nSPS) is 21.9. The Labute approximate surface area is 208 Å². The van der Waals surface area contributed by atoms with Crippen molar-refractivity contribution in [1.29, 1.82) is 0 Å². The summed E-state index contributed by atoms with van der Waals surface area (Å²) in [6.07, 6.45) is 5.94. The molecule has 4 N–H and O–H groups in total. The van der Waals surface area contributed by atoms with Crippen LogP contribution in [0.2, 0.25) is 0 Å². The number of rotatable bonds is 23. The molecule has 0 aliphatic heterocycles. The molecule has 0 aromatic rings. The second-order valence-corrected chi connectivity index (χ2v) is 8.94. The van der Waals surface area contributed by atoms with Gasteiger partial charge in [-0.1, -0.05) is 58.3 Å². The minimum absolute atomic E-state index is 0.0167. The molecule has 206 valence electrons. The Balaban J connectivity index is 2.70. The molecule has 1 aliphatic carbocycles. The highest BCUT2D eigenvalue weighted by molar-refractivity contribution is 5.85. The van der Waals surface area contributed by atoms with Crippen molar-refractivity contribution >= 4 is 11.8 Å². The van der Waals surface area contributed by atoms with Crippen LogP contribution in [0.4, 0.5) is 0 Å². The van der Waals surface area contributed by atoms with E-state index in [1.54, 1.807) is 0 Å². The van der Waals surface area contributed by atoms with Gasteiger partial charge >= 0.3 is 5.97 Å². The number of hydrogen-bond acceptors (Lipinski definition) is 9. The molecule has 10 nitrogen and oxygen atoms in total. The summed E-state index contributed by atoms with van der Waals surface area (Å²) in [5.41, 5.74) is 0. The number of carboxylic acids is 1. The van der Waals surface area contributed by atoms with Gasteiger partial charge < -0.3 is 39.4 Å². The predicted molar refractivity (Wildman–Crippen MR) is 128 cm³/mol. The lowest BCUT2D eigenvalue weighted by atomic mass is 9.97. The zero-order chi connectivity index (χ0) is 25.9. The van der Waals surface area contributed by atoms with E-state index in [4.69, 9.17) is 24.1 Å². The van der Waals surface area contributed by atoms with E-state index in [9.17, 15) is 24.9 Å². The standard InChI is InChI=1S/C25H46O10/c1-2-3-4-5-6-7-8-9-10-20(25(30)31)35-18-22(33-15-12-27)23-19(29)17-21(32-14-11-26)24(23)34-16-13-28/h20-24,26-28H,2-18H2,1H3,(H,30,31). The van der Waals surface area contributed by atoms with Crippen LogP contribution in [0, 0.1) is 5.92 Å². The van der Waals surface area contributed by atoms with Crippen molar-refractivity contribution in [3.05, 3.63) is 0 Å². The van der Waals surface area contributed by atoms with Gasteiger partial charge in [-0.2, -0.15) is 0 Å². The van der Waals surface area contributed by atoms with E-state index in [0.717, 1.165) is 25.7 Å². The molecule has 0 aromatic heterocycles. The lowest BCUT2D eigenvalue weighted by Crippen LogP contribution is -2.44. The molecule has 0 spiro atoms. The number of ketones is 1. The van der Waals surface area contributed by atoms with Gasteiger partial charge in [0, 0.05) is 6.42 Å². The Hall–Kier alpha value is -1.14. The van der Waals surface area contributed by atoms with Crippen molar-refractivity contribution < 1.29 is 49.0 Å². The van der Waals surface area contributed by atoms with E-state index in [-0.39, 0.29) is 58.5 Å². The van der Waals surface area contributed by atoms with Crippen LogP contribution in [0.3, 0.4) is 0 Å². The molecular formula is C25H46O10. The fourth-order valence-corrected chi connectivity index (χ4v) is 4.45. The fourth-order valence-electron chi connectivity index (χ4n) is 4.45. The summed E-state index contributed by atoms with van der Waals surface area (Å²) in [6.45, 7) is 1.25. The van der Waals surface area contributed by atoms with Gasteiger partial charge in [0.25, 0.3) is 0 Å².